The average Bonchev–Trinajstić information content (AvgIpc) is 3.13. The van der Waals surface area contributed by atoms with Crippen LogP contribution >= 0.6 is 0 Å². The van der Waals surface area contributed by atoms with E-state index in [1.165, 1.54) is 11.1 Å². The third kappa shape index (κ3) is 4.19. The number of nitrogens with one attached hydrogen (secondary N) is 1. The number of carbonyl (C=O) groups is 1. The predicted molar refractivity (Wildman–Crippen MR) is 137 cm³/mol. The van der Waals surface area contributed by atoms with Crippen LogP contribution in [0.4, 0.5) is 0 Å². The molecule has 0 radical (unpaired) electrons. The Balaban J connectivity index is 1.36. The summed E-state index contributed by atoms with van der Waals surface area (Å²) in [5.74, 6) is 0.812. The molecule has 1 amide bonds. The number of amides is 1. The van der Waals surface area contributed by atoms with Gasteiger partial charge >= 0.3 is 0 Å². The molecule has 184 valence electrons. The molecular formula is C29H35N3O3. The van der Waals surface area contributed by atoms with Crippen molar-refractivity contribution in [1.29, 1.82) is 0 Å². The Kier molecular flexibility index (Phi) is 6.51. The van der Waals surface area contributed by atoms with Gasteiger partial charge in [0.05, 0.1) is 24.9 Å². The number of likely N-dealkylation sites (tertiary alicyclic amines) is 1. The van der Waals surface area contributed by atoms with Crippen molar-refractivity contribution >= 4 is 16.8 Å². The quantitative estimate of drug-likeness (QED) is 0.566. The first-order valence-electron chi connectivity index (χ1n) is 12.5. The molecule has 2 aromatic carbocycles. The Labute approximate surface area is 207 Å². The highest BCUT2D eigenvalue weighted by molar-refractivity contribution is 5.84. The maximum atomic E-state index is 12.6. The maximum absolute atomic E-state index is 12.6. The number of carbonyl (C=O) groups excluding carboxylic acids is 1. The molecule has 1 aliphatic heterocycles. The van der Waals surface area contributed by atoms with Crippen molar-refractivity contribution in [3.8, 4) is 5.75 Å². The summed E-state index contributed by atoms with van der Waals surface area (Å²) >= 11 is 0. The number of piperidine rings is 1. The van der Waals surface area contributed by atoms with Crippen molar-refractivity contribution < 1.29 is 14.3 Å². The molecule has 1 saturated heterocycles. The second kappa shape index (κ2) is 9.59. The Morgan fingerprint density at radius 3 is 2.57 bits per heavy atom. The van der Waals surface area contributed by atoms with E-state index in [9.17, 15) is 4.79 Å². The summed E-state index contributed by atoms with van der Waals surface area (Å²) in [6, 6.07) is 18.7. The monoisotopic (exact) mass is 473 g/mol. The Hall–Kier alpha value is -2.96. The zero-order chi connectivity index (χ0) is 24.6. The minimum atomic E-state index is -0.118. The molecule has 2 atom stereocenters. The van der Waals surface area contributed by atoms with E-state index in [0.29, 0.717) is 0 Å². The normalized spacial score (nSPS) is 21.4. The van der Waals surface area contributed by atoms with E-state index in [2.05, 4.69) is 52.7 Å². The topological polar surface area (TPSA) is 63.7 Å². The lowest BCUT2D eigenvalue weighted by Gasteiger charge is -2.44. The highest BCUT2D eigenvalue weighted by Gasteiger charge is 2.54. The Bertz CT molecular complexity index is 1220. The van der Waals surface area contributed by atoms with E-state index >= 15 is 0 Å². The van der Waals surface area contributed by atoms with E-state index < -0.39 is 0 Å². The van der Waals surface area contributed by atoms with Crippen LogP contribution in [0.3, 0.4) is 0 Å². The highest BCUT2D eigenvalue weighted by atomic mass is 16.5. The lowest BCUT2D eigenvalue weighted by Crippen LogP contribution is -2.50. The molecule has 1 fully saturated rings. The molecule has 2 aliphatic rings. The number of ether oxygens (including phenoxy) is 2. The first kappa shape index (κ1) is 23.8. The molecule has 6 nitrogen and oxygen atoms in total. The maximum Gasteiger partial charge on any atom is 0.223 e. The molecule has 0 unspecified atom stereocenters. The molecule has 1 aromatic heterocycles. The van der Waals surface area contributed by atoms with Gasteiger partial charge < -0.3 is 14.8 Å². The first-order valence-corrected chi connectivity index (χ1v) is 12.5. The van der Waals surface area contributed by atoms with Crippen LogP contribution in [0.1, 0.15) is 49.6 Å². The molecule has 2 heterocycles. The van der Waals surface area contributed by atoms with E-state index in [1.54, 1.807) is 14.2 Å². The summed E-state index contributed by atoms with van der Waals surface area (Å²) in [5, 5.41) is 4.38. The van der Waals surface area contributed by atoms with Gasteiger partial charge in [-0.25, -0.2) is 4.98 Å². The van der Waals surface area contributed by atoms with Crippen molar-refractivity contribution in [2.45, 2.75) is 50.8 Å². The summed E-state index contributed by atoms with van der Waals surface area (Å²) in [6.45, 7) is 6.57. The lowest BCUT2D eigenvalue weighted by atomic mass is 9.72. The molecule has 5 rings (SSSR count). The van der Waals surface area contributed by atoms with Gasteiger partial charge in [0.2, 0.25) is 5.91 Å². The van der Waals surface area contributed by atoms with Crippen molar-refractivity contribution in [2.24, 2.45) is 5.92 Å². The lowest BCUT2D eigenvalue weighted by molar-refractivity contribution is -0.126. The van der Waals surface area contributed by atoms with E-state index in [1.807, 2.05) is 26.0 Å². The number of nitrogens with zero attached hydrogens (tertiary/aromatic N) is 2. The van der Waals surface area contributed by atoms with Gasteiger partial charge in [-0.3, -0.25) is 9.69 Å². The molecule has 1 N–H and O–H groups in total. The van der Waals surface area contributed by atoms with Crippen LogP contribution in [0, 0.1) is 5.92 Å². The largest absolute Gasteiger partial charge is 0.494 e. The van der Waals surface area contributed by atoms with Crippen molar-refractivity contribution in [3.05, 3.63) is 71.4 Å². The summed E-state index contributed by atoms with van der Waals surface area (Å²) in [5.41, 5.74) is 4.39. The fourth-order valence-electron chi connectivity index (χ4n) is 6.00. The zero-order valence-corrected chi connectivity index (χ0v) is 21.1. The second-order valence-electron chi connectivity index (χ2n) is 10.2. The number of rotatable bonds is 6. The minimum Gasteiger partial charge on any atom is -0.494 e. The summed E-state index contributed by atoms with van der Waals surface area (Å²) in [7, 11) is 3.47. The molecule has 1 aliphatic carbocycles. The predicted octanol–water partition coefficient (Wildman–Crippen LogP) is 4.62. The number of pyridine rings is 1. The first-order chi connectivity index (χ1) is 17.0. The third-order valence-corrected chi connectivity index (χ3v) is 7.85. The minimum absolute atomic E-state index is 0.0638. The molecular weight excluding hydrogens is 438 g/mol. The standard InChI is InChI=1S/C29H35N3O3/c1-19(2)28(33)31-26-22-9-5-6-10-23(22)29(27(26)35-4)14-16-32(17-15-29)18-21-13-12-20-8-7-11-24(34-3)25(20)30-21/h5-13,19,26-27H,14-18H2,1-4H3,(H,31,33)/t26-,27+/m1/s1. The third-order valence-electron chi connectivity index (χ3n) is 7.85. The second-order valence-corrected chi connectivity index (χ2v) is 10.2. The van der Waals surface area contributed by atoms with Gasteiger partial charge in [0, 0.05) is 30.4 Å². The summed E-state index contributed by atoms with van der Waals surface area (Å²) in [6.07, 6.45) is 1.88. The summed E-state index contributed by atoms with van der Waals surface area (Å²) in [4.78, 5) is 20.0. The van der Waals surface area contributed by atoms with E-state index in [-0.39, 0.29) is 29.4 Å². The van der Waals surface area contributed by atoms with Gasteiger partial charge in [0.25, 0.3) is 0 Å². The Morgan fingerprint density at radius 1 is 1.09 bits per heavy atom. The van der Waals surface area contributed by atoms with Gasteiger partial charge in [0.1, 0.15) is 11.3 Å². The van der Waals surface area contributed by atoms with E-state index in [4.69, 9.17) is 14.5 Å². The number of hydrogen-bond donors (Lipinski definition) is 1. The van der Waals surface area contributed by atoms with Crippen LogP contribution in [0.5, 0.6) is 5.75 Å². The van der Waals surface area contributed by atoms with Crippen LogP contribution in [0.25, 0.3) is 10.9 Å². The van der Waals surface area contributed by atoms with Crippen LogP contribution in [-0.4, -0.2) is 49.2 Å². The van der Waals surface area contributed by atoms with Crippen molar-refractivity contribution in [1.82, 2.24) is 15.2 Å². The molecule has 3 aromatic rings. The van der Waals surface area contributed by atoms with Gasteiger partial charge in [-0.2, -0.15) is 0 Å². The zero-order valence-electron chi connectivity index (χ0n) is 21.1. The molecule has 35 heavy (non-hydrogen) atoms. The number of aromatic nitrogens is 1. The van der Waals surface area contributed by atoms with Crippen LogP contribution in [0.15, 0.2) is 54.6 Å². The van der Waals surface area contributed by atoms with Crippen LogP contribution < -0.4 is 10.1 Å². The van der Waals surface area contributed by atoms with Crippen LogP contribution in [-0.2, 0) is 21.5 Å². The molecule has 6 heteroatoms. The summed E-state index contributed by atoms with van der Waals surface area (Å²) < 4.78 is 11.7. The SMILES string of the molecule is COc1cccc2ccc(CN3CCC4(CC3)c3ccccc3[C@@H](NC(=O)C(C)C)[C@@H]4OC)nc12. The smallest absolute Gasteiger partial charge is 0.223 e. The van der Waals surface area contributed by atoms with E-state index in [0.717, 1.165) is 54.8 Å². The number of methoxy groups -OCH3 is 2. The van der Waals surface area contributed by atoms with Gasteiger partial charge in [-0.1, -0.05) is 56.3 Å². The van der Waals surface area contributed by atoms with Crippen molar-refractivity contribution in [3.63, 3.8) is 0 Å². The van der Waals surface area contributed by atoms with Gasteiger partial charge in [-0.05, 0) is 49.2 Å². The molecule has 0 saturated carbocycles. The fourth-order valence-corrected chi connectivity index (χ4v) is 6.00. The molecule has 0 bridgehead atoms. The fraction of sp³-hybridized carbons (Fsp3) is 0.448. The van der Waals surface area contributed by atoms with Crippen LogP contribution in [0.2, 0.25) is 0 Å². The number of fused-ring (bicyclic) bond motifs is 3. The van der Waals surface area contributed by atoms with Gasteiger partial charge in [0.15, 0.2) is 0 Å². The van der Waals surface area contributed by atoms with Crippen molar-refractivity contribution in [2.75, 3.05) is 27.3 Å². The van der Waals surface area contributed by atoms with Gasteiger partial charge in [-0.15, -0.1) is 0 Å². The average molecular weight is 474 g/mol. The molecule has 1 spiro atoms. The number of benzene rings is 2. The number of hydrogen-bond acceptors (Lipinski definition) is 5. The number of para-hydroxylation sites is 1. The Morgan fingerprint density at radius 2 is 1.86 bits per heavy atom. The highest BCUT2D eigenvalue weighted by Crippen LogP contribution is 2.52.